The Balaban J connectivity index is 2.49. The van der Waals surface area contributed by atoms with Crippen molar-refractivity contribution in [2.75, 3.05) is 19.6 Å². The van der Waals surface area contributed by atoms with E-state index in [2.05, 4.69) is 0 Å². The molecule has 1 saturated heterocycles. The van der Waals surface area contributed by atoms with Crippen molar-refractivity contribution in [3.8, 4) is 0 Å². The molecule has 2 atom stereocenters. The fourth-order valence-corrected chi connectivity index (χ4v) is 2.08. The van der Waals surface area contributed by atoms with Gasteiger partial charge >= 0.3 is 12.1 Å². The van der Waals surface area contributed by atoms with Gasteiger partial charge in [-0.05, 0) is 25.3 Å². The molecule has 0 aromatic rings. The molecule has 0 radical (unpaired) electrons. The molecule has 1 fully saturated rings. The van der Waals surface area contributed by atoms with Crippen molar-refractivity contribution in [2.45, 2.75) is 32.0 Å². The number of carbonyl (C=O) groups is 2. The molecular formula is C11H17F3N2O3. The molecule has 8 heteroatoms. The highest BCUT2D eigenvalue weighted by molar-refractivity contribution is 5.80. The molecule has 2 unspecified atom stereocenters. The van der Waals surface area contributed by atoms with Crippen molar-refractivity contribution in [1.82, 2.24) is 10.2 Å². The molecule has 0 aromatic carbocycles. The summed E-state index contributed by atoms with van der Waals surface area (Å²) in [6.07, 6.45) is -3.32. The zero-order valence-corrected chi connectivity index (χ0v) is 10.5. The number of nitrogens with one attached hydrogen (secondary N) is 1. The summed E-state index contributed by atoms with van der Waals surface area (Å²) in [6.45, 7) is 0.599. The van der Waals surface area contributed by atoms with Crippen LogP contribution in [0.4, 0.5) is 13.2 Å². The van der Waals surface area contributed by atoms with Gasteiger partial charge in [-0.25, -0.2) is 0 Å². The van der Waals surface area contributed by atoms with E-state index < -0.39 is 30.6 Å². The number of carboxylic acids is 1. The van der Waals surface area contributed by atoms with Crippen molar-refractivity contribution in [2.24, 2.45) is 5.92 Å². The number of alkyl halides is 3. The Morgan fingerprint density at radius 3 is 2.58 bits per heavy atom. The molecule has 1 amide bonds. The number of nitrogens with zero attached hydrogens (tertiary/aromatic N) is 1. The lowest BCUT2D eigenvalue weighted by molar-refractivity contribution is -0.147. The van der Waals surface area contributed by atoms with Gasteiger partial charge in [-0.2, -0.15) is 13.2 Å². The summed E-state index contributed by atoms with van der Waals surface area (Å²) in [5.74, 6) is -1.62. The van der Waals surface area contributed by atoms with Gasteiger partial charge in [0.15, 0.2) is 0 Å². The van der Waals surface area contributed by atoms with Crippen LogP contribution in [-0.4, -0.2) is 53.7 Å². The van der Waals surface area contributed by atoms with Crippen molar-refractivity contribution < 1.29 is 27.9 Å². The van der Waals surface area contributed by atoms with E-state index in [1.165, 1.54) is 4.90 Å². The number of carboxylic acid groups (broad SMARTS) is 1. The van der Waals surface area contributed by atoms with Gasteiger partial charge in [-0.3, -0.25) is 14.5 Å². The van der Waals surface area contributed by atoms with Crippen LogP contribution in [0.15, 0.2) is 0 Å². The van der Waals surface area contributed by atoms with Crippen LogP contribution in [0, 0.1) is 5.92 Å². The smallest absolute Gasteiger partial charge is 0.405 e. The van der Waals surface area contributed by atoms with Crippen molar-refractivity contribution in [3.05, 3.63) is 0 Å². The van der Waals surface area contributed by atoms with Crippen LogP contribution in [0.1, 0.15) is 19.8 Å². The monoisotopic (exact) mass is 282 g/mol. The van der Waals surface area contributed by atoms with Crippen LogP contribution in [0.2, 0.25) is 0 Å². The van der Waals surface area contributed by atoms with Crippen molar-refractivity contribution >= 4 is 11.9 Å². The number of likely N-dealkylation sites (tertiary alicyclic amines) is 1. The van der Waals surface area contributed by atoms with Crippen LogP contribution >= 0.6 is 0 Å². The third kappa shape index (κ3) is 5.46. The standard InChI is InChI=1S/C11H17F3N2O3/c1-7-2-3-16(8(4-7)10(18)19)5-9(17)15-6-11(12,13)14/h7-8H,2-6H2,1H3,(H,15,17)(H,18,19). The molecule has 1 heterocycles. The minimum atomic E-state index is -4.46. The average Bonchev–Trinajstić information content (AvgIpc) is 2.28. The first-order chi connectivity index (χ1) is 8.69. The highest BCUT2D eigenvalue weighted by Gasteiger charge is 2.33. The number of aliphatic carboxylic acids is 1. The predicted octanol–water partition coefficient (Wildman–Crippen LogP) is 0.850. The maximum Gasteiger partial charge on any atom is 0.405 e. The largest absolute Gasteiger partial charge is 0.480 e. The Bertz CT molecular complexity index is 347. The Morgan fingerprint density at radius 1 is 1.42 bits per heavy atom. The second-order valence-corrected chi connectivity index (χ2v) is 4.85. The van der Waals surface area contributed by atoms with Gasteiger partial charge in [-0.1, -0.05) is 6.92 Å². The van der Waals surface area contributed by atoms with Gasteiger partial charge in [-0.15, -0.1) is 0 Å². The first kappa shape index (κ1) is 15.7. The number of hydrogen-bond donors (Lipinski definition) is 2. The number of hydrogen-bond acceptors (Lipinski definition) is 3. The fraction of sp³-hybridized carbons (Fsp3) is 0.818. The molecule has 2 N–H and O–H groups in total. The van der Waals surface area contributed by atoms with E-state index in [-0.39, 0.29) is 12.5 Å². The van der Waals surface area contributed by atoms with Crippen LogP contribution in [0.25, 0.3) is 0 Å². The predicted molar refractivity (Wildman–Crippen MR) is 60.5 cm³/mol. The lowest BCUT2D eigenvalue weighted by Gasteiger charge is -2.35. The number of halogens is 3. The number of piperidine rings is 1. The van der Waals surface area contributed by atoms with E-state index in [1.807, 2.05) is 6.92 Å². The molecule has 1 aliphatic rings. The molecule has 1 aliphatic heterocycles. The zero-order valence-electron chi connectivity index (χ0n) is 10.5. The molecule has 0 spiro atoms. The second kappa shape index (κ2) is 6.23. The molecule has 1 rings (SSSR count). The van der Waals surface area contributed by atoms with Crippen molar-refractivity contribution in [3.63, 3.8) is 0 Å². The van der Waals surface area contributed by atoms with Crippen molar-refractivity contribution in [1.29, 1.82) is 0 Å². The molecule has 0 aromatic heterocycles. The average molecular weight is 282 g/mol. The molecule has 0 bridgehead atoms. The summed E-state index contributed by atoms with van der Waals surface area (Å²) >= 11 is 0. The topological polar surface area (TPSA) is 69.6 Å². The SMILES string of the molecule is CC1CCN(CC(=O)NCC(F)(F)F)C(C(=O)O)C1. The minimum Gasteiger partial charge on any atom is -0.480 e. The van der Waals surface area contributed by atoms with E-state index in [9.17, 15) is 22.8 Å². The summed E-state index contributed by atoms with van der Waals surface area (Å²) in [7, 11) is 0. The fourth-order valence-electron chi connectivity index (χ4n) is 2.08. The Morgan fingerprint density at radius 2 is 2.05 bits per heavy atom. The van der Waals surface area contributed by atoms with E-state index >= 15 is 0 Å². The van der Waals surface area contributed by atoms with Crippen LogP contribution in [0.5, 0.6) is 0 Å². The van der Waals surface area contributed by atoms with Gasteiger partial charge in [0.05, 0.1) is 6.54 Å². The van der Waals surface area contributed by atoms with Gasteiger partial charge in [0.1, 0.15) is 12.6 Å². The van der Waals surface area contributed by atoms with E-state index in [4.69, 9.17) is 5.11 Å². The van der Waals surface area contributed by atoms with Gasteiger partial charge in [0, 0.05) is 0 Å². The zero-order chi connectivity index (χ0) is 14.6. The first-order valence-electron chi connectivity index (χ1n) is 5.99. The highest BCUT2D eigenvalue weighted by Crippen LogP contribution is 2.22. The van der Waals surface area contributed by atoms with Crippen LogP contribution in [0.3, 0.4) is 0 Å². The molecule has 0 aliphatic carbocycles. The van der Waals surface area contributed by atoms with E-state index in [1.54, 1.807) is 5.32 Å². The molecule has 110 valence electrons. The second-order valence-electron chi connectivity index (χ2n) is 4.85. The Labute approximate surface area is 108 Å². The number of amides is 1. The first-order valence-corrected chi connectivity index (χ1v) is 5.99. The van der Waals surface area contributed by atoms with Crippen LogP contribution in [-0.2, 0) is 9.59 Å². The lowest BCUT2D eigenvalue weighted by atomic mass is 9.92. The van der Waals surface area contributed by atoms with Gasteiger partial charge in [0.2, 0.25) is 5.91 Å². The van der Waals surface area contributed by atoms with E-state index in [0.717, 1.165) is 6.42 Å². The Hall–Kier alpha value is -1.31. The molecular weight excluding hydrogens is 265 g/mol. The minimum absolute atomic E-state index is 0.232. The van der Waals surface area contributed by atoms with Gasteiger partial charge in [0.25, 0.3) is 0 Å². The third-order valence-corrected chi connectivity index (χ3v) is 3.09. The normalized spacial score (nSPS) is 25.1. The van der Waals surface area contributed by atoms with E-state index in [0.29, 0.717) is 13.0 Å². The maximum atomic E-state index is 11.9. The summed E-state index contributed by atoms with van der Waals surface area (Å²) in [5, 5.41) is 10.8. The number of rotatable bonds is 4. The lowest BCUT2D eigenvalue weighted by Crippen LogP contribution is -2.51. The molecule has 0 saturated carbocycles. The summed E-state index contributed by atoms with van der Waals surface area (Å²) in [6, 6.07) is -0.805. The Kier molecular flexibility index (Phi) is 5.16. The summed E-state index contributed by atoms with van der Waals surface area (Å²) in [4.78, 5) is 23.8. The van der Waals surface area contributed by atoms with Crippen LogP contribution < -0.4 is 5.32 Å². The van der Waals surface area contributed by atoms with Gasteiger partial charge < -0.3 is 10.4 Å². The molecule has 5 nitrogen and oxygen atoms in total. The summed E-state index contributed by atoms with van der Waals surface area (Å²) < 4.78 is 35.8. The summed E-state index contributed by atoms with van der Waals surface area (Å²) in [5.41, 5.74) is 0. The third-order valence-electron chi connectivity index (χ3n) is 3.09. The highest BCUT2D eigenvalue weighted by atomic mass is 19.4. The quantitative estimate of drug-likeness (QED) is 0.802. The molecule has 19 heavy (non-hydrogen) atoms. The maximum absolute atomic E-state index is 11.9. The number of carbonyl (C=O) groups excluding carboxylic acids is 1.